The number of aromatic nitrogens is 5. The first kappa shape index (κ1) is 20.7. The molecule has 0 spiro atoms. The molecule has 0 bridgehead atoms. The van der Waals surface area contributed by atoms with Crippen molar-refractivity contribution in [2.45, 2.75) is 17.5 Å². The molecule has 0 atom stereocenters. The summed E-state index contributed by atoms with van der Waals surface area (Å²) >= 11 is 1.40. The molecule has 4 aromatic rings. The number of hydrogen-bond acceptors (Lipinski definition) is 7. The number of nitrogens with zero attached hydrogens (tertiary/aromatic N) is 5. The Morgan fingerprint density at radius 2 is 1.84 bits per heavy atom. The lowest BCUT2D eigenvalue weighted by Crippen LogP contribution is -2.37. The molecule has 31 heavy (non-hydrogen) atoms. The van der Waals surface area contributed by atoms with Crippen molar-refractivity contribution in [1.29, 1.82) is 0 Å². The normalized spacial score (nSPS) is 11.1. The molecule has 0 aliphatic heterocycles. The van der Waals surface area contributed by atoms with Crippen molar-refractivity contribution in [3.8, 4) is 17.1 Å². The summed E-state index contributed by atoms with van der Waals surface area (Å²) in [5, 5.41) is 9.39. The van der Waals surface area contributed by atoms with E-state index in [1.165, 1.54) is 29.4 Å². The minimum atomic E-state index is -0.362. The molecule has 3 aromatic heterocycles. The summed E-state index contributed by atoms with van der Waals surface area (Å²) in [6.07, 6.45) is 1.62. The van der Waals surface area contributed by atoms with Crippen LogP contribution in [0.25, 0.3) is 11.4 Å². The van der Waals surface area contributed by atoms with E-state index in [9.17, 15) is 9.59 Å². The highest BCUT2D eigenvalue weighted by molar-refractivity contribution is 7.98. The fourth-order valence-electron chi connectivity index (χ4n) is 3.11. The fourth-order valence-corrected chi connectivity index (χ4v) is 4.06. The molecule has 0 unspecified atom stereocenters. The third-order valence-electron chi connectivity index (χ3n) is 4.93. The number of benzene rings is 1. The van der Waals surface area contributed by atoms with Crippen LogP contribution in [0.1, 0.15) is 11.5 Å². The van der Waals surface area contributed by atoms with Gasteiger partial charge >= 0.3 is 5.69 Å². The van der Waals surface area contributed by atoms with Crippen LogP contribution in [-0.4, -0.2) is 31.0 Å². The topological polar surface area (TPSA) is 97.1 Å². The fraction of sp³-hybridized carbons (Fsp3) is 0.238. The number of thioether (sulfide) groups is 1. The van der Waals surface area contributed by atoms with Gasteiger partial charge < -0.3 is 9.15 Å². The molecule has 10 heteroatoms. The molecule has 160 valence electrons. The van der Waals surface area contributed by atoms with Crippen molar-refractivity contribution in [2.24, 2.45) is 14.1 Å². The maximum absolute atomic E-state index is 12.2. The number of methoxy groups -OCH3 is 1. The largest absolute Gasteiger partial charge is 0.497 e. The van der Waals surface area contributed by atoms with E-state index in [0.717, 1.165) is 21.6 Å². The van der Waals surface area contributed by atoms with E-state index >= 15 is 0 Å². The van der Waals surface area contributed by atoms with Gasteiger partial charge in [0.15, 0.2) is 11.0 Å². The Hall–Kier alpha value is -3.53. The molecule has 0 saturated carbocycles. The van der Waals surface area contributed by atoms with Crippen molar-refractivity contribution in [2.75, 3.05) is 7.11 Å². The van der Waals surface area contributed by atoms with E-state index in [0.29, 0.717) is 29.0 Å². The van der Waals surface area contributed by atoms with Crippen LogP contribution in [0.15, 0.2) is 67.9 Å². The average molecular weight is 439 g/mol. The van der Waals surface area contributed by atoms with Gasteiger partial charge in [0.1, 0.15) is 11.5 Å². The van der Waals surface area contributed by atoms with E-state index in [2.05, 4.69) is 10.2 Å². The van der Waals surface area contributed by atoms with E-state index < -0.39 is 0 Å². The average Bonchev–Trinajstić information content (AvgIpc) is 3.44. The lowest BCUT2D eigenvalue weighted by molar-refractivity contribution is 0.415. The molecule has 9 nitrogen and oxygen atoms in total. The summed E-state index contributed by atoms with van der Waals surface area (Å²) in [4.78, 5) is 24.2. The van der Waals surface area contributed by atoms with Crippen LogP contribution in [0.4, 0.5) is 0 Å². The molecule has 0 radical (unpaired) electrons. The predicted octanol–water partition coefficient (Wildman–Crippen LogP) is 2.28. The molecule has 1 aromatic carbocycles. The van der Waals surface area contributed by atoms with Gasteiger partial charge in [-0.1, -0.05) is 11.8 Å². The van der Waals surface area contributed by atoms with Gasteiger partial charge in [-0.05, 0) is 36.4 Å². The maximum Gasteiger partial charge on any atom is 0.330 e. The molecule has 0 aliphatic rings. The van der Waals surface area contributed by atoms with Crippen molar-refractivity contribution >= 4 is 11.8 Å². The zero-order valence-corrected chi connectivity index (χ0v) is 18.1. The van der Waals surface area contributed by atoms with Crippen LogP contribution in [0.2, 0.25) is 0 Å². The third-order valence-corrected chi connectivity index (χ3v) is 5.93. The summed E-state index contributed by atoms with van der Waals surface area (Å²) < 4.78 is 15.2. The monoisotopic (exact) mass is 439 g/mol. The molecular weight excluding hydrogens is 418 g/mol. The Morgan fingerprint density at radius 3 is 2.52 bits per heavy atom. The third kappa shape index (κ3) is 4.19. The molecule has 3 heterocycles. The highest BCUT2D eigenvalue weighted by atomic mass is 32.2. The van der Waals surface area contributed by atoms with Gasteiger partial charge in [-0.25, -0.2) is 4.79 Å². The number of furan rings is 1. The number of ether oxygens (including phenoxy) is 1. The zero-order valence-electron chi connectivity index (χ0n) is 17.3. The standard InChI is InChI=1S/C21H21N5O4S/c1-24-15(11-18(27)25(2)21(24)28)13-31-20-23-22-19(14-6-8-16(29-3)9-7-14)26(20)12-17-5-4-10-30-17/h4-11H,12-13H2,1-3H3. The van der Waals surface area contributed by atoms with Gasteiger partial charge in [0, 0.05) is 37.2 Å². The van der Waals surface area contributed by atoms with Crippen molar-refractivity contribution in [3.63, 3.8) is 0 Å². The Balaban J connectivity index is 1.68. The highest BCUT2D eigenvalue weighted by Gasteiger charge is 2.17. The molecule has 0 amide bonds. The highest BCUT2D eigenvalue weighted by Crippen LogP contribution is 2.28. The minimum absolute atomic E-state index is 0.338. The first-order chi connectivity index (χ1) is 15.0. The van der Waals surface area contributed by atoms with Gasteiger partial charge in [-0.3, -0.25) is 18.5 Å². The molecular formula is C21H21N5O4S. The molecule has 0 N–H and O–H groups in total. The zero-order chi connectivity index (χ0) is 22.0. The lowest BCUT2D eigenvalue weighted by Gasteiger charge is -2.11. The van der Waals surface area contributed by atoms with Gasteiger partial charge in [0.05, 0.1) is 19.9 Å². The van der Waals surface area contributed by atoms with Crippen LogP contribution < -0.4 is 16.0 Å². The van der Waals surface area contributed by atoms with Crippen molar-refractivity contribution in [1.82, 2.24) is 23.9 Å². The van der Waals surface area contributed by atoms with Gasteiger partial charge in [0.25, 0.3) is 5.56 Å². The van der Waals surface area contributed by atoms with Crippen molar-refractivity contribution in [3.05, 3.63) is 81.0 Å². The van der Waals surface area contributed by atoms with Crippen LogP contribution in [0.5, 0.6) is 5.75 Å². The van der Waals surface area contributed by atoms with Gasteiger partial charge in [-0.2, -0.15) is 0 Å². The Labute approximate surface area is 181 Å². The summed E-state index contributed by atoms with van der Waals surface area (Å²) in [5.41, 5.74) is 0.790. The lowest BCUT2D eigenvalue weighted by atomic mass is 10.2. The quantitative estimate of drug-likeness (QED) is 0.408. The second kappa shape index (κ2) is 8.68. The van der Waals surface area contributed by atoms with E-state index in [1.807, 2.05) is 41.0 Å². The summed E-state index contributed by atoms with van der Waals surface area (Å²) in [7, 11) is 4.73. The minimum Gasteiger partial charge on any atom is -0.497 e. The Morgan fingerprint density at radius 1 is 1.06 bits per heavy atom. The summed E-state index contributed by atoms with van der Waals surface area (Å²) in [6.45, 7) is 0.444. The Kier molecular flexibility index (Phi) is 5.81. The van der Waals surface area contributed by atoms with Crippen LogP contribution in [0.3, 0.4) is 0 Å². The first-order valence-corrected chi connectivity index (χ1v) is 10.4. The smallest absolute Gasteiger partial charge is 0.330 e. The first-order valence-electron chi connectivity index (χ1n) is 9.46. The number of rotatable bonds is 7. The van der Waals surface area contributed by atoms with E-state index in [-0.39, 0.29) is 11.2 Å². The second-order valence-corrected chi connectivity index (χ2v) is 7.81. The van der Waals surface area contributed by atoms with Crippen LogP contribution in [0, 0.1) is 0 Å². The van der Waals surface area contributed by atoms with Crippen LogP contribution >= 0.6 is 11.8 Å². The maximum atomic E-state index is 12.2. The van der Waals surface area contributed by atoms with E-state index in [1.54, 1.807) is 20.4 Å². The summed E-state index contributed by atoms with van der Waals surface area (Å²) in [5.74, 6) is 2.58. The van der Waals surface area contributed by atoms with E-state index in [4.69, 9.17) is 9.15 Å². The molecule has 0 aliphatic carbocycles. The number of hydrogen-bond donors (Lipinski definition) is 0. The summed E-state index contributed by atoms with van der Waals surface area (Å²) in [6, 6.07) is 12.7. The SMILES string of the molecule is COc1ccc(-c2nnc(SCc3cc(=O)n(C)c(=O)n3C)n2Cc2ccco2)cc1. The second-order valence-electron chi connectivity index (χ2n) is 6.86. The van der Waals surface area contributed by atoms with Crippen LogP contribution in [-0.2, 0) is 26.4 Å². The van der Waals surface area contributed by atoms with Crippen molar-refractivity contribution < 1.29 is 9.15 Å². The molecule has 4 rings (SSSR count). The van der Waals surface area contributed by atoms with Gasteiger partial charge in [0.2, 0.25) is 0 Å². The predicted molar refractivity (Wildman–Crippen MR) is 116 cm³/mol. The Bertz CT molecular complexity index is 1300. The molecule has 0 fully saturated rings. The van der Waals surface area contributed by atoms with Gasteiger partial charge in [-0.15, -0.1) is 10.2 Å². The molecule has 0 saturated heterocycles.